The minimum absolute atomic E-state index is 0.100. The maximum Gasteiger partial charge on any atom is 0.258 e. The van der Waals surface area contributed by atoms with E-state index in [0.717, 1.165) is 5.56 Å². The van der Waals surface area contributed by atoms with Crippen LogP contribution in [0.2, 0.25) is 5.15 Å². The molecule has 1 aliphatic rings. The van der Waals surface area contributed by atoms with E-state index < -0.39 is 10.0 Å². The first-order valence-electron chi connectivity index (χ1n) is 10.7. The SMILES string of the molecule is Cc1nn(Cc2ccccc2)c(Cl)c1C(=O)N1CCCN(S(=O)(=O)c2c(C)noc2C)CC1. The number of amides is 1. The summed E-state index contributed by atoms with van der Waals surface area (Å²) >= 11 is 6.57. The summed E-state index contributed by atoms with van der Waals surface area (Å²) < 4.78 is 34.4. The third kappa shape index (κ3) is 4.55. The molecule has 2 aromatic heterocycles. The van der Waals surface area contributed by atoms with Crippen LogP contribution in [0.5, 0.6) is 0 Å². The zero-order valence-corrected chi connectivity index (χ0v) is 20.4. The number of carbonyl (C=O) groups excluding carboxylic acids is 1. The molecule has 0 unspecified atom stereocenters. The van der Waals surface area contributed by atoms with Crippen LogP contribution in [0.4, 0.5) is 0 Å². The van der Waals surface area contributed by atoms with Gasteiger partial charge >= 0.3 is 0 Å². The summed E-state index contributed by atoms with van der Waals surface area (Å²) in [4.78, 5) is 15.1. The lowest BCUT2D eigenvalue weighted by molar-refractivity contribution is 0.0763. The molecule has 1 aliphatic heterocycles. The van der Waals surface area contributed by atoms with Crippen molar-refractivity contribution in [2.75, 3.05) is 26.2 Å². The molecule has 1 saturated heterocycles. The highest BCUT2D eigenvalue weighted by molar-refractivity contribution is 7.89. The second kappa shape index (κ2) is 9.28. The zero-order chi connectivity index (χ0) is 23.8. The van der Waals surface area contributed by atoms with Crippen LogP contribution in [-0.4, -0.2) is 64.6 Å². The van der Waals surface area contributed by atoms with Crippen molar-refractivity contribution in [2.24, 2.45) is 0 Å². The minimum Gasteiger partial charge on any atom is -0.360 e. The molecular formula is C22H26ClN5O4S. The molecule has 33 heavy (non-hydrogen) atoms. The second-order valence-electron chi connectivity index (χ2n) is 8.10. The Hall–Kier alpha value is -2.69. The lowest BCUT2D eigenvalue weighted by Gasteiger charge is -2.22. The average Bonchev–Trinajstić information content (AvgIpc) is 3.13. The van der Waals surface area contributed by atoms with Crippen LogP contribution in [0.3, 0.4) is 0 Å². The molecule has 0 bridgehead atoms. The highest BCUT2D eigenvalue weighted by Gasteiger charge is 2.34. The topological polar surface area (TPSA) is 102 Å². The van der Waals surface area contributed by atoms with Gasteiger partial charge in [0.1, 0.15) is 15.7 Å². The Kier molecular flexibility index (Phi) is 6.60. The first-order valence-corrected chi connectivity index (χ1v) is 12.5. The van der Waals surface area contributed by atoms with Crippen molar-refractivity contribution in [1.29, 1.82) is 0 Å². The summed E-state index contributed by atoms with van der Waals surface area (Å²) in [6.07, 6.45) is 0.503. The van der Waals surface area contributed by atoms with E-state index in [4.69, 9.17) is 16.1 Å². The van der Waals surface area contributed by atoms with Crippen LogP contribution in [0.25, 0.3) is 0 Å². The summed E-state index contributed by atoms with van der Waals surface area (Å²) in [7, 11) is -3.77. The lowest BCUT2D eigenvalue weighted by Crippen LogP contribution is -2.37. The fourth-order valence-electron chi connectivity index (χ4n) is 4.12. The Morgan fingerprint density at radius 2 is 1.79 bits per heavy atom. The van der Waals surface area contributed by atoms with Gasteiger partial charge in [0.15, 0.2) is 5.76 Å². The number of rotatable bonds is 5. The highest BCUT2D eigenvalue weighted by Crippen LogP contribution is 2.26. The van der Waals surface area contributed by atoms with E-state index in [2.05, 4.69) is 10.3 Å². The van der Waals surface area contributed by atoms with Crippen molar-refractivity contribution in [3.8, 4) is 0 Å². The number of carbonyl (C=O) groups is 1. The van der Waals surface area contributed by atoms with Crippen LogP contribution in [0, 0.1) is 20.8 Å². The van der Waals surface area contributed by atoms with Crippen molar-refractivity contribution in [3.05, 3.63) is 63.8 Å². The number of sulfonamides is 1. The van der Waals surface area contributed by atoms with E-state index in [-0.39, 0.29) is 34.8 Å². The van der Waals surface area contributed by atoms with E-state index in [1.807, 2.05) is 30.3 Å². The molecule has 0 saturated carbocycles. The molecule has 11 heteroatoms. The second-order valence-corrected chi connectivity index (χ2v) is 10.3. The van der Waals surface area contributed by atoms with Crippen LogP contribution in [0.15, 0.2) is 39.8 Å². The van der Waals surface area contributed by atoms with Crippen molar-refractivity contribution >= 4 is 27.5 Å². The largest absolute Gasteiger partial charge is 0.360 e. The Morgan fingerprint density at radius 3 is 2.45 bits per heavy atom. The maximum absolute atomic E-state index is 13.3. The standard InChI is InChI=1S/C22H26ClN5O4S/c1-15-19(21(23)28(24-15)14-18-8-5-4-6-9-18)22(29)26-10-7-11-27(13-12-26)33(30,31)20-16(2)25-32-17(20)3/h4-6,8-9H,7,10-14H2,1-3H3. The molecule has 1 amide bonds. The van der Waals surface area contributed by atoms with E-state index in [1.165, 1.54) is 4.31 Å². The first-order chi connectivity index (χ1) is 15.7. The molecule has 4 rings (SSSR count). The Morgan fingerprint density at radius 1 is 1.06 bits per heavy atom. The van der Waals surface area contributed by atoms with E-state index in [1.54, 1.807) is 30.4 Å². The minimum atomic E-state index is -3.77. The van der Waals surface area contributed by atoms with Gasteiger partial charge < -0.3 is 9.42 Å². The Bertz CT molecular complexity index is 1250. The average molecular weight is 492 g/mol. The van der Waals surface area contributed by atoms with Gasteiger partial charge in [0, 0.05) is 26.2 Å². The number of hydrogen-bond acceptors (Lipinski definition) is 6. The summed E-state index contributed by atoms with van der Waals surface area (Å²) in [6, 6.07) is 9.74. The predicted molar refractivity (Wildman–Crippen MR) is 123 cm³/mol. The van der Waals surface area contributed by atoms with Crippen molar-refractivity contribution in [1.82, 2.24) is 24.1 Å². The zero-order valence-electron chi connectivity index (χ0n) is 18.8. The van der Waals surface area contributed by atoms with Gasteiger partial charge in [-0.05, 0) is 32.8 Å². The molecule has 3 aromatic rings. The van der Waals surface area contributed by atoms with E-state index in [0.29, 0.717) is 43.0 Å². The van der Waals surface area contributed by atoms with Crippen molar-refractivity contribution in [2.45, 2.75) is 38.6 Å². The number of hydrogen-bond donors (Lipinski definition) is 0. The fraction of sp³-hybridized carbons (Fsp3) is 0.409. The van der Waals surface area contributed by atoms with Gasteiger partial charge in [0.05, 0.1) is 17.8 Å². The monoisotopic (exact) mass is 491 g/mol. The molecule has 9 nitrogen and oxygen atoms in total. The smallest absolute Gasteiger partial charge is 0.258 e. The van der Waals surface area contributed by atoms with Crippen LogP contribution in [-0.2, 0) is 16.6 Å². The van der Waals surface area contributed by atoms with Gasteiger partial charge in [-0.3, -0.25) is 4.79 Å². The Labute approximate surface area is 198 Å². The molecular weight excluding hydrogens is 466 g/mol. The predicted octanol–water partition coefficient (Wildman–Crippen LogP) is 3.03. The Balaban J connectivity index is 1.52. The quantitative estimate of drug-likeness (QED) is 0.543. The van der Waals surface area contributed by atoms with Crippen LogP contribution >= 0.6 is 11.6 Å². The number of benzene rings is 1. The van der Waals surface area contributed by atoms with Crippen molar-refractivity contribution in [3.63, 3.8) is 0 Å². The summed E-state index contributed by atoms with van der Waals surface area (Å²) in [6.45, 7) is 6.55. The number of aryl methyl sites for hydroxylation is 3. The van der Waals surface area contributed by atoms with Crippen molar-refractivity contribution < 1.29 is 17.7 Å². The normalized spacial score (nSPS) is 15.6. The van der Waals surface area contributed by atoms with Gasteiger partial charge in [0.2, 0.25) is 10.0 Å². The third-order valence-electron chi connectivity index (χ3n) is 5.76. The molecule has 176 valence electrons. The molecule has 0 atom stereocenters. The van der Waals surface area contributed by atoms with Crippen LogP contribution in [0.1, 0.15) is 39.5 Å². The molecule has 0 radical (unpaired) electrons. The summed E-state index contributed by atoms with van der Waals surface area (Å²) in [5.41, 5.74) is 2.26. The fourth-order valence-corrected chi connectivity index (χ4v) is 6.20. The molecule has 0 N–H and O–H groups in total. The molecule has 3 heterocycles. The highest BCUT2D eigenvalue weighted by atomic mass is 35.5. The van der Waals surface area contributed by atoms with Gasteiger partial charge in [0.25, 0.3) is 5.91 Å². The molecule has 1 aromatic carbocycles. The molecule has 0 aliphatic carbocycles. The first kappa shape index (κ1) is 23.5. The lowest BCUT2D eigenvalue weighted by atomic mass is 10.2. The third-order valence-corrected chi connectivity index (χ3v) is 8.29. The molecule has 0 spiro atoms. The number of nitrogens with zero attached hydrogens (tertiary/aromatic N) is 5. The van der Waals surface area contributed by atoms with Gasteiger partial charge in [-0.1, -0.05) is 47.1 Å². The summed E-state index contributed by atoms with van der Waals surface area (Å²) in [5.74, 6) is 0.0197. The van der Waals surface area contributed by atoms with Gasteiger partial charge in [-0.15, -0.1) is 0 Å². The molecule has 1 fully saturated rings. The summed E-state index contributed by atoms with van der Waals surface area (Å²) in [5, 5.41) is 8.51. The van der Waals surface area contributed by atoms with Gasteiger partial charge in [-0.2, -0.15) is 9.40 Å². The van der Waals surface area contributed by atoms with Crippen LogP contribution < -0.4 is 0 Å². The number of halogens is 1. The maximum atomic E-state index is 13.3. The van der Waals surface area contributed by atoms with E-state index >= 15 is 0 Å². The number of aromatic nitrogens is 3. The van der Waals surface area contributed by atoms with Gasteiger partial charge in [-0.25, -0.2) is 13.1 Å². The van der Waals surface area contributed by atoms with E-state index in [9.17, 15) is 13.2 Å².